The predicted octanol–water partition coefficient (Wildman–Crippen LogP) is 5.53. The van der Waals surface area contributed by atoms with Crippen LogP contribution in [0.2, 0.25) is 5.02 Å². The number of hydrogen-bond donors (Lipinski definition) is 0. The number of methoxy groups -OCH3 is 1. The van der Waals surface area contributed by atoms with Gasteiger partial charge in [-0.15, -0.1) is 0 Å². The SMILES string of the molecule is COc1ccccc1-c1cc(C(=O)N2CCN(c3cccc(Cl)c3)CC2)c2ccccc2n1. The van der Waals surface area contributed by atoms with E-state index in [2.05, 4.69) is 11.0 Å². The molecule has 166 valence electrons. The highest BCUT2D eigenvalue weighted by Crippen LogP contribution is 2.32. The Kier molecular flexibility index (Phi) is 5.88. The first-order valence-corrected chi connectivity index (χ1v) is 11.3. The molecule has 1 saturated heterocycles. The van der Waals surface area contributed by atoms with Crippen molar-refractivity contribution >= 4 is 34.1 Å². The van der Waals surface area contributed by atoms with E-state index in [0.29, 0.717) is 18.7 Å². The average Bonchev–Trinajstić information content (AvgIpc) is 2.87. The lowest BCUT2D eigenvalue weighted by Gasteiger charge is -2.36. The molecular formula is C27H24ClN3O2. The van der Waals surface area contributed by atoms with Gasteiger partial charge in [-0.3, -0.25) is 4.79 Å². The van der Waals surface area contributed by atoms with Crippen molar-refractivity contribution in [3.8, 4) is 17.0 Å². The second-order valence-electron chi connectivity index (χ2n) is 8.03. The number of amides is 1. The largest absolute Gasteiger partial charge is 0.496 e. The minimum absolute atomic E-state index is 0.0236. The maximum absolute atomic E-state index is 13.7. The number of rotatable bonds is 4. The third-order valence-electron chi connectivity index (χ3n) is 6.07. The van der Waals surface area contributed by atoms with Crippen molar-refractivity contribution in [2.75, 3.05) is 38.2 Å². The number of halogens is 1. The average molecular weight is 458 g/mol. The van der Waals surface area contributed by atoms with E-state index in [-0.39, 0.29) is 5.91 Å². The van der Waals surface area contributed by atoms with E-state index in [1.54, 1.807) is 7.11 Å². The lowest BCUT2D eigenvalue weighted by molar-refractivity contribution is 0.0748. The quantitative estimate of drug-likeness (QED) is 0.404. The van der Waals surface area contributed by atoms with E-state index in [4.69, 9.17) is 21.3 Å². The molecule has 0 spiro atoms. The first-order chi connectivity index (χ1) is 16.1. The molecule has 0 atom stereocenters. The summed E-state index contributed by atoms with van der Waals surface area (Å²) in [5, 5.41) is 1.58. The van der Waals surface area contributed by atoms with Gasteiger partial charge in [0.15, 0.2) is 0 Å². The van der Waals surface area contributed by atoms with Crippen molar-refractivity contribution in [2.24, 2.45) is 0 Å². The van der Waals surface area contributed by atoms with Crippen LogP contribution in [0.25, 0.3) is 22.2 Å². The van der Waals surface area contributed by atoms with E-state index in [9.17, 15) is 4.79 Å². The lowest BCUT2D eigenvalue weighted by atomic mass is 10.0. The number of fused-ring (bicyclic) bond motifs is 1. The van der Waals surface area contributed by atoms with Gasteiger partial charge >= 0.3 is 0 Å². The summed E-state index contributed by atoms with van der Waals surface area (Å²) in [6, 6.07) is 25.3. The van der Waals surface area contributed by atoms with Gasteiger partial charge in [0.05, 0.1) is 23.9 Å². The zero-order valence-corrected chi connectivity index (χ0v) is 19.1. The number of carbonyl (C=O) groups excluding carboxylic acids is 1. The van der Waals surface area contributed by atoms with Crippen molar-refractivity contribution in [1.29, 1.82) is 0 Å². The van der Waals surface area contributed by atoms with Crippen molar-refractivity contribution in [1.82, 2.24) is 9.88 Å². The van der Waals surface area contributed by atoms with Crippen LogP contribution in [-0.2, 0) is 0 Å². The summed E-state index contributed by atoms with van der Waals surface area (Å²) in [5.74, 6) is 0.754. The van der Waals surface area contributed by atoms with Crippen LogP contribution >= 0.6 is 11.6 Å². The normalized spacial score (nSPS) is 13.9. The van der Waals surface area contributed by atoms with Crippen LogP contribution in [0.5, 0.6) is 5.75 Å². The van der Waals surface area contributed by atoms with Crippen LogP contribution in [0.4, 0.5) is 5.69 Å². The maximum atomic E-state index is 13.7. The molecule has 1 aliphatic rings. The smallest absolute Gasteiger partial charge is 0.254 e. The first-order valence-electron chi connectivity index (χ1n) is 11.0. The van der Waals surface area contributed by atoms with Crippen LogP contribution in [0.15, 0.2) is 78.9 Å². The highest BCUT2D eigenvalue weighted by Gasteiger charge is 2.25. The minimum Gasteiger partial charge on any atom is -0.496 e. The minimum atomic E-state index is 0.0236. The number of carbonyl (C=O) groups is 1. The van der Waals surface area contributed by atoms with Gasteiger partial charge in [-0.05, 0) is 42.5 Å². The number of para-hydroxylation sites is 2. The second kappa shape index (κ2) is 9.12. The Morgan fingerprint density at radius 3 is 2.45 bits per heavy atom. The summed E-state index contributed by atoms with van der Waals surface area (Å²) in [6.45, 7) is 2.81. The van der Waals surface area contributed by atoms with Crippen molar-refractivity contribution in [3.63, 3.8) is 0 Å². The third kappa shape index (κ3) is 4.24. The summed E-state index contributed by atoms with van der Waals surface area (Å²) in [4.78, 5) is 22.7. The molecule has 0 saturated carbocycles. The van der Waals surface area contributed by atoms with Gasteiger partial charge in [0.2, 0.25) is 0 Å². The van der Waals surface area contributed by atoms with E-state index >= 15 is 0 Å². The number of piperazine rings is 1. The maximum Gasteiger partial charge on any atom is 0.254 e. The highest BCUT2D eigenvalue weighted by molar-refractivity contribution is 6.30. The molecule has 0 N–H and O–H groups in total. The van der Waals surface area contributed by atoms with E-state index < -0.39 is 0 Å². The van der Waals surface area contributed by atoms with E-state index in [0.717, 1.165) is 51.7 Å². The van der Waals surface area contributed by atoms with Gasteiger partial charge in [-0.25, -0.2) is 4.98 Å². The number of benzene rings is 3. The van der Waals surface area contributed by atoms with Gasteiger partial charge in [0.25, 0.3) is 5.91 Å². The molecule has 33 heavy (non-hydrogen) atoms. The summed E-state index contributed by atoms with van der Waals surface area (Å²) >= 11 is 6.16. The van der Waals surface area contributed by atoms with Gasteiger partial charge in [0.1, 0.15) is 5.75 Å². The Labute approximate surface area is 198 Å². The molecule has 1 fully saturated rings. The molecule has 2 heterocycles. The molecule has 3 aromatic carbocycles. The third-order valence-corrected chi connectivity index (χ3v) is 6.30. The summed E-state index contributed by atoms with van der Waals surface area (Å²) in [6.07, 6.45) is 0. The number of ether oxygens (including phenoxy) is 1. The zero-order valence-electron chi connectivity index (χ0n) is 18.4. The zero-order chi connectivity index (χ0) is 22.8. The van der Waals surface area contributed by atoms with Crippen LogP contribution in [0.3, 0.4) is 0 Å². The van der Waals surface area contributed by atoms with Crippen LogP contribution in [-0.4, -0.2) is 49.1 Å². The standard InChI is InChI=1S/C27H24ClN3O2/c1-33-26-12-5-3-10-22(26)25-18-23(21-9-2-4-11-24(21)29-25)27(32)31-15-13-30(14-16-31)20-8-6-7-19(28)17-20/h2-12,17-18H,13-16H2,1H3. The Bertz CT molecular complexity index is 1320. The van der Waals surface area contributed by atoms with Gasteiger partial charge < -0.3 is 14.5 Å². The fourth-order valence-corrected chi connectivity index (χ4v) is 4.54. The van der Waals surface area contributed by atoms with Crippen LogP contribution < -0.4 is 9.64 Å². The Balaban J connectivity index is 1.46. The number of anilines is 1. The van der Waals surface area contributed by atoms with Gasteiger partial charge in [0, 0.05) is 47.8 Å². The summed E-state index contributed by atoms with van der Waals surface area (Å²) < 4.78 is 5.54. The van der Waals surface area contributed by atoms with Crippen LogP contribution in [0.1, 0.15) is 10.4 Å². The van der Waals surface area contributed by atoms with Crippen LogP contribution in [0, 0.1) is 0 Å². The van der Waals surface area contributed by atoms with Crippen molar-refractivity contribution in [3.05, 3.63) is 89.4 Å². The molecule has 0 bridgehead atoms. The molecule has 5 rings (SSSR count). The first kappa shape index (κ1) is 21.3. The molecule has 1 aliphatic heterocycles. The molecule has 6 heteroatoms. The molecule has 4 aromatic rings. The van der Waals surface area contributed by atoms with Crippen molar-refractivity contribution in [2.45, 2.75) is 0 Å². The monoisotopic (exact) mass is 457 g/mol. The lowest BCUT2D eigenvalue weighted by Crippen LogP contribution is -2.48. The van der Waals surface area contributed by atoms with Crippen molar-refractivity contribution < 1.29 is 9.53 Å². The fourth-order valence-electron chi connectivity index (χ4n) is 4.36. The Morgan fingerprint density at radius 1 is 0.909 bits per heavy atom. The molecule has 0 aliphatic carbocycles. The number of nitrogens with zero attached hydrogens (tertiary/aromatic N) is 3. The predicted molar refractivity (Wildman–Crippen MR) is 133 cm³/mol. The number of aromatic nitrogens is 1. The molecule has 5 nitrogen and oxygen atoms in total. The molecule has 0 unspecified atom stereocenters. The van der Waals surface area contributed by atoms with E-state index in [1.807, 2.05) is 77.7 Å². The topological polar surface area (TPSA) is 45.7 Å². The fraction of sp³-hybridized carbons (Fsp3) is 0.185. The highest BCUT2D eigenvalue weighted by atomic mass is 35.5. The molecular weight excluding hydrogens is 434 g/mol. The molecule has 0 radical (unpaired) electrons. The number of hydrogen-bond acceptors (Lipinski definition) is 4. The Morgan fingerprint density at radius 2 is 1.67 bits per heavy atom. The van der Waals surface area contributed by atoms with E-state index in [1.165, 1.54) is 0 Å². The number of pyridine rings is 1. The summed E-state index contributed by atoms with van der Waals surface area (Å²) in [5.41, 5.74) is 4.14. The molecule has 1 amide bonds. The van der Waals surface area contributed by atoms with Gasteiger partial charge in [-0.1, -0.05) is 48.0 Å². The Hall–Kier alpha value is -3.57. The molecule has 1 aromatic heterocycles. The second-order valence-corrected chi connectivity index (χ2v) is 8.47. The summed E-state index contributed by atoms with van der Waals surface area (Å²) in [7, 11) is 1.64. The van der Waals surface area contributed by atoms with Gasteiger partial charge in [-0.2, -0.15) is 0 Å².